The highest BCUT2D eigenvalue weighted by molar-refractivity contribution is 5.81. The lowest BCUT2D eigenvalue weighted by Gasteiger charge is -2.22. The Balaban J connectivity index is 1.96. The molecule has 0 amide bonds. The van der Waals surface area contributed by atoms with Crippen molar-refractivity contribution in [3.63, 3.8) is 0 Å². The molecule has 1 aliphatic heterocycles. The SMILES string of the molecule is Nc1ncnc2c1ncn2[C@@H]1O[C@H]([C@H](O)C(F)(F)F)[C@@H](O)[C@H]1O. The van der Waals surface area contributed by atoms with Crippen LogP contribution in [-0.4, -0.2) is 65.4 Å². The summed E-state index contributed by atoms with van der Waals surface area (Å²) in [6.45, 7) is 0. The summed E-state index contributed by atoms with van der Waals surface area (Å²) in [6, 6.07) is 0. The number of hydrogen-bond acceptors (Lipinski definition) is 8. The molecular formula is C11H12F3N5O4. The predicted molar refractivity (Wildman–Crippen MR) is 67.7 cm³/mol. The quantitative estimate of drug-likeness (QED) is 0.545. The number of anilines is 1. The van der Waals surface area contributed by atoms with Crippen LogP contribution in [0.25, 0.3) is 11.2 Å². The normalized spacial score (nSPS) is 30.0. The molecule has 12 heteroatoms. The maximum absolute atomic E-state index is 12.6. The van der Waals surface area contributed by atoms with Gasteiger partial charge < -0.3 is 25.8 Å². The lowest BCUT2D eigenvalue weighted by molar-refractivity contribution is -0.244. The van der Waals surface area contributed by atoms with Gasteiger partial charge >= 0.3 is 6.18 Å². The first-order valence-corrected chi connectivity index (χ1v) is 6.41. The van der Waals surface area contributed by atoms with Crippen LogP contribution in [0.5, 0.6) is 0 Å². The summed E-state index contributed by atoms with van der Waals surface area (Å²) in [5.41, 5.74) is 5.87. The van der Waals surface area contributed by atoms with Gasteiger partial charge in [-0.25, -0.2) is 15.0 Å². The molecule has 0 radical (unpaired) electrons. The number of rotatable bonds is 2. The van der Waals surface area contributed by atoms with Crippen molar-refractivity contribution in [2.75, 3.05) is 5.73 Å². The van der Waals surface area contributed by atoms with Crippen LogP contribution in [-0.2, 0) is 4.74 Å². The number of imidazole rings is 1. The average molecular weight is 335 g/mol. The predicted octanol–water partition coefficient (Wildman–Crippen LogP) is -1.05. The monoisotopic (exact) mass is 335 g/mol. The third-order valence-electron chi connectivity index (χ3n) is 3.58. The number of halogens is 3. The minimum Gasteiger partial charge on any atom is -0.387 e. The van der Waals surface area contributed by atoms with Crippen LogP contribution in [0.1, 0.15) is 6.23 Å². The van der Waals surface area contributed by atoms with E-state index < -0.39 is 36.8 Å². The molecule has 0 bridgehead atoms. The Morgan fingerprint density at radius 2 is 1.91 bits per heavy atom. The topological polar surface area (TPSA) is 140 Å². The number of aliphatic hydroxyl groups is 3. The molecule has 0 saturated carbocycles. The summed E-state index contributed by atoms with van der Waals surface area (Å²) in [4.78, 5) is 11.5. The molecule has 1 aliphatic rings. The van der Waals surface area contributed by atoms with Gasteiger partial charge in [-0.05, 0) is 0 Å². The van der Waals surface area contributed by atoms with E-state index in [2.05, 4.69) is 15.0 Å². The standard InChI is InChI=1S/C11H12F3N5O4/c12-11(13,14)7(22)6-4(20)5(21)10(23-6)19-2-18-3-8(15)16-1-17-9(3)19/h1-2,4-7,10,20-22H,(H2,15,16,17)/t4-,5+,6-,7-,10+/m0/s1. The second kappa shape index (κ2) is 5.26. The highest BCUT2D eigenvalue weighted by Gasteiger charge is 2.55. The number of fused-ring (bicyclic) bond motifs is 1. The van der Waals surface area contributed by atoms with Crippen molar-refractivity contribution in [2.45, 2.75) is 36.8 Å². The minimum atomic E-state index is -5.01. The molecule has 1 saturated heterocycles. The second-order valence-electron chi connectivity index (χ2n) is 5.04. The van der Waals surface area contributed by atoms with E-state index in [1.54, 1.807) is 0 Å². The van der Waals surface area contributed by atoms with Gasteiger partial charge in [0.15, 0.2) is 23.8 Å². The van der Waals surface area contributed by atoms with Crippen LogP contribution < -0.4 is 5.73 Å². The first-order valence-electron chi connectivity index (χ1n) is 6.41. The fraction of sp³-hybridized carbons (Fsp3) is 0.545. The molecule has 0 spiro atoms. The van der Waals surface area contributed by atoms with Crippen molar-refractivity contribution in [3.8, 4) is 0 Å². The van der Waals surface area contributed by atoms with Gasteiger partial charge in [0.1, 0.15) is 30.2 Å². The number of hydrogen-bond donors (Lipinski definition) is 4. The van der Waals surface area contributed by atoms with Gasteiger partial charge in [-0.15, -0.1) is 0 Å². The number of nitrogen functional groups attached to an aromatic ring is 1. The molecule has 5 atom stereocenters. The van der Waals surface area contributed by atoms with Gasteiger partial charge in [0, 0.05) is 0 Å². The summed E-state index contributed by atoms with van der Waals surface area (Å²) in [6.07, 6.45) is -12.9. The van der Waals surface area contributed by atoms with E-state index >= 15 is 0 Å². The number of ether oxygens (including phenoxy) is 1. The fourth-order valence-corrected chi connectivity index (χ4v) is 2.42. The molecule has 1 fully saturated rings. The van der Waals surface area contributed by atoms with Crippen molar-refractivity contribution >= 4 is 17.0 Å². The van der Waals surface area contributed by atoms with E-state index in [1.807, 2.05) is 0 Å². The average Bonchev–Trinajstić information content (AvgIpc) is 3.02. The first-order chi connectivity index (χ1) is 10.7. The Labute approximate surface area is 126 Å². The maximum atomic E-state index is 12.6. The Morgan fingerprint density at radius 1 is 1.22 bits per heavy atom. The van der Waals surface area contributed by atoms with Crippen LogP contribution in [0.2, 0.25) is 0 Å². The minimum absolute atomic E-state index is 0.0358. The number of alkyl halides is 3. The zero-order valence-corrected chi connectivity index (χ0v) is 11.3. The number of nitrogens with two attached hydrogens (primary N) is 1. The van der Waals surface area contributed by atoms with Crippen LogP contribution >= 0.6 is 0 Å². The van der Waals surface area contributed by atoms with E-state index in [1.165, 1.54) is 0 Å². The molecule has 2 aromatic heterocycles. The second-order valence-corrected chi connectivity index (χ2v) is 5.04. The van der Waals surface area contributed by atoms with Crippen LogP contribution in [0, 0.1) is 0 Å². The maximum Gasteiger partial charge on any atom is 0.417 e. The Bertz CT molecular complexity index is 723. The van der Waals surface area contributed by atoms with E-state index in [0.717, 1.165) is 17.2 Å². The van der Waals surface area contributed by atoms with Crippen LogP contribution in [0.4, 0.5) is 19.0 Å². The molecule has 0 unspecified atom stereocenters. The van der Waals surface area contributed by atoms with Crippen molar-refractivity contribution in [1.29, 1.82) is 0 Å². The number of aliphatic hydroxyl groups excluding tert-OH is 3. The zero-order chi connectivity index (χ0) is 16.9. The smallest absolute Gasteiger partial charge is 0.387 e. The van der Waals surface area contributed by atoms with Crippen molar-refractivity contribution in [3.05, 3.63) is 12.7 Å². The van der Waals surface area contributed by atoms with E-state index in [9.17, 15) is 28.5 Å². The van der Waals surface area contributed by atoms with Crippen molar-refractivity contribution in [2.24, 2.45) is 0 Å². The van der Waals surface area contributed by atoms with E-state index in [0.29, 0.717) is 0 Å². The van der Waals surface area contributed by atoms with Crippen molar-refractivity contribution < 1.29 is 33.2 Å². The third-order valence-corrected chi connectivity index (χ3v) is 3.58. The van der Waals surface area contributed by atoms with Gasteiger partial charge in [-0.3, -0.25) is 4.57 Å². The Hall–Kier alpha value is -2.02. The summed E-state index contributed by atoms with van der Waals surface area (Å²) in [5, 5.41) is 29.0. The zero-order valence-electron chi connectivity index (χ0n) is 11.3. The van der Waals surface area contributed by atoms with E-state index in [4.69, 9.17) is 10.5 Å². The summed E-state index contributed by atoms with van der Waals surface area (Å²) in [7, 11) is 0. The van der Waals surface area contributed by atoms with Crippen molar-refractivity contribution in [1.82, 2.24) is 19.5 Å². The molecule has 126 valence electrons. The van der Waals surface area contributed by atoms with Gasteiger partial charge in [0.05, 0.1) is 6.33 Å². The van der Waals surface area contributed by atoms with Crippen LogP contribution in [0.3, 0.4) is 0 Å². The highest BCUT2D eigenvalue weighted by atomic mass is 19.4. The van der Waals surface area contributed by atoms with Gasteiger partial charge in [-0.1, -0.05) is 0 Å². The first kappa shape index (κ1) is 15.9. The van der Waals surface area contributed by atoms with E-state index in [-0.39, 0.29) is 17.0 Å². The molecule has 0 aliphatic carbocycles. The van der Waals surface area contributed by atoms with Gasteiger partial charge in [0.2, 0.25) is 0 Å². The van der Waals surface area contributed by atoms with Gasteiger partial charge in [0.25, 0.3) is 0 Å². The molecule has 3 rings (SSSR count). The number of nitrogens with zero attached hydrogens (tertiary/aromatic N) is 4. The molecule has 3 heterocycles. The Morgan fingerprint density at radius 3 is 2.57 bits per heavy atom. The summed E-state index contributed by atoms with van der Waals surface area (Å²) >= 11 is 0. The summed E-state index contributed by atoms with van der Waals surface area (Å²) < 4.78 is 43.9. The van der Waals surface area contributed by atoms with Gasteiger partial charge in [-0.2, -0.15) is 13.2 Å². The molecule has 2 aromatic rings. The molecule has 5 N–H and O–H groups in total. The fourth-order valence-electron chi connectivity index (χ4n) is 2.42. The third kappa shape index (κ3) is 2.49. The Kier molecular flexibility index (Phi) is 3.63. The lowest BCUT2D eigenvalue weighted by atomic mass is 10.1. The molecule has 23 heavy (non-hydrogen) atoms. The van der Waals surface area contributed by atoms with Crippen LogP contribution in [0.15, 0.2) is 12.7 Å². The molecule has 9 nitrogen and oxygen atoms in total. The number of aromatic nitrogens is 4. The summed E-state index contributed by atoms with van der Waals surface area (Å²) in [5.74, 6) is 0.0358. The molecular weight excluding hydrogens is 323 g/mol. The highest BCUT2D eigenvalue weighted by Crippen LogP contribution is 2.37. The lowest BCUT2D eigenvalue weighted by Crippen LogP contribution is -2.46. The molecule has 0 aromatic carbocycles. The largest absolute Gasteiger partial charge is 0.417 e.